The molecule has 1 aliphatic carbocycles. The van der Waals surface area contributed by atoms with Crippen LogP contribution in [0, 0.1) is 0 Å². The predicted molar refractivity (Wildman–Crippen MR) is 122 cm³/mol. The SMILES string of the molecule is CCc1nc2ccc(CN3CCN(c4ccc(C(=O)NC5CC5)nc4)CC3)nc2[nH]c1=O. The molecule has 1 amide bonds. The molecule has 3 aromatic rings. The van der Waals surface area contributed by atoms with Crippen molar-refractivity contribution in [2.75, 3.05) is 31.1 Å². The number of aromatic nitrogens is 4. The zero-order valence-electron chi connectivity index (χ0n) is 18.2. The summed E-state index contributed by atoms with van der Waals surface area (Å²) in [6.45, 7) is 6.18. The second-order valence-corrected chi connectivity index (χ2v) is 8.45. The average molecular weight is 434 g/mol. The lowest BCUT2D eigenvalue weighted by molar-refractivity contribution is 0.0946. The van der Waals surface area contributed by atoms with Crippen molar-refractivity contribution in [1.29, 1.82) is 0 Å². The number of carbonyl (C=O) groups is 1. The Balaban J connectivity index is 1.18. The molecule has 32 heavy (non-hydrogen) atoms. The van der Waals surface area contributed by atoms with E-state index in [9.17, 15) is 9.59 Å². The number of hydrogen-bond acceptors (Lipinski definition) is 7. The van der Waals surface area contributed by atoms with Gasteiger partial charge in [0.2, 0.25) is 0 Å². The van der Waals surface area contributed by atoms with E-state index in [1.165, 1.54) is 0 Å². The standard InChI is InChI=1S/C23H27N7O2/c1-2-18-22(31)28-21-19(27-18)7-5-16(25-21)14-29-9-11-30(12-10-29)17-6-8-20(24-13-17)23(32)26-15-3-4-15/h5-8,13,15H,2-4,9-12,14H2,1H3,(H,26,32)(H,25,28,31). The monoisotopic (exact) mass is 433 g/mol. The van der Waals surface area contributed by atoms with Crippen molar-refractivity contribution in [2.45, 2.75) is 38.8 Å². The lowest BCUT2D eigenvalue weighted by atomic mass is 10.2. The highest BCUT2D eigenvalue weighted by molar-refractivity contribution is 5.92. The van der Waals surface area contributed by atoms with Crippen molar-refractivity contribution in [2.24, 2.45) is 0 Å². The van der Waals surface area contributed by atoms with E-state index in [-0.39, 0.29) is 11.5 Å². The molecule has 0 aromatic carbocycles. The zero-order valence-corrected chi connectivity index (χ0v) is 18.2. The highest BCUT2D eigenvalue weighted by Gasteiger charge is 2.24. The number of carbonyl (C=O) groups excluding carboxylic acids is 1. The van der Waals surface area contributed by atoms with E-state index in [4.69, 9.17) is 0 Å². The molecule has 2 N–H and O–H groups in total. The summed E-state index contributed by atoms with van der Waals surface area (Å²) >= 11 is 0. The molecular formula is C23H27N7O2. The summed E-state index contributed by atoms with van der Waals surface area (Å²) in [5.74, 6) is -0.0887. The smallest absolute Gasteiger partial charge is 0.271 e. The summed E-state index contributed by atoms with van der Waals surface area (Å²) < 4.78 is 0. The first-order valence-corrected chi connectivity index (χ1v) is 11.2. The van der Waals surface area contributed by atoms with Gasteiger partial charge >= 0.3 is 0 Å². The Morgan fingerprint density at radius 1 is 1.12 bits per heavy atom. The van der Waals surface area contributed by atoms with E-state index >= 15 is 0 Å². The van der Waals surface area contributed by atoms with Gasteiger partial charge in [-0.05, 0) is 43.5 Å². The van der Waals surface area contributed by atoms with Gasteiger partial charge in [-0.15, -0.1) is 0 Å². The zero-order chi connectivity index (χ0) is 22.1. The molecule has 2 fully saturated rings. The van der Waals surface area contributed by atoms with Crippen molar-refractivity contribution < 1.29 is 4.79 Å². The number of rotatable bonds is 6. The number of nitrogens with zero attached hydrogens (tertiary/aromatic N) is 5. The Hall–Kier alpha value is -3.33. The van der Waals surface area contributed by atoms with Crippen LogP contribution in [0.2, 0.25) is 0 Å². The van der Waals surface area contributed by atoms with Crippen LogP contribution in [-0.4, -0.2) is 63.0 Å². The fourth-order valence-electron chi connectivity index (χ4n) is 3.97. The topological polar surface area (TPSA) is 107 Å². The van der Waals surface area contributed by atoms with Crippen LogP contribution in [0.3, 0.4) is 0 Å². The highest BCUT2D eigenvalue weighted by atomic mass is 16.2. The molecule has 1 aliphatic heterocycles. The maximum Gasteiger partial charge on any atom is 0.271 e. The molecule has 0 atom stereocenters. The summed E-state index contributed by atoms with van der Waals surface area (Å²) in [5.41, 5.74) is 4.06. The van der Waals surface area contributed by atoms with E-state index < -0.39 is 0 Å². The lowest BCUT2D eigenvalue weighted by Crippen LogP contribution is -2.46. The van der Waals surface area contributed by atoms with Gasteiger partial charge in [0.1, 0.15) is 16.9 Å². The second kappa shape index (κ2) is 8.66. The van der Waals surface area contributed by atoms with Gasteiger partial charge in [-0.25, -0.2) is 15.0 Å². The molecule has 9 nitrogen and oxygen atoms in total. The van der Waals surface area contributed by atoms with Crippen LogP contribution < -0.4 is 15.8 Å². The highest BCUT2D eigenvalue weighted by Crippen LogP contribution is 2.20. The molecule has 3 aromatic heterocycles. The number of piperazine rings is 1. The Kier molecular flexibility index (Phi) is 5.57. The lowest BCUT2D eigenvalue weighted by Gasteiger charge is -2.35. The van der Waals surface area contributed by atoms with Crippen molar-refractivity contribution in [3.8, 4) is 0 Å². The Labute approximate surface area is 185 Å². The number of pyridine rings is 2. The van der Waals surface area contributed by atoms with Crippen LogP contribution in [0.1, 0.15) is 41.6 Å². The van der Waals surface area contributed by atoms with Crippen molar-refractivity contribution in [3.63, 3.8) is 0 Å². The maximum atomic E-state index is 12.1. The predicted octanol–water partition coefficient (Wildman–Crippen LogP) is 1.49. The summed E-state index contributed by atoms with van der Waals surface area (Å²) in [4.78, 5) is 45.0. The minimum Gasteiger partial charge on any atom is -0.368 e. The first kappa shape index (κ1) is 20.6. The summed E-state index contributed by atoms with van der Waals surface area (Å²) in [7, 11) is 0. The maximum absolute atomic E-state index is 12.1. The van der Waals surface area contributed by atoms with Gasteiger partial charge < -0.3 is 15.2 Å². The minimum atomic E-state index is -0.164. The van der Waals surface area contributed by atoms with Gasteiger partial charge in [-0.2, -0.15) is 0 Å². The number of H-pyrrole nitrogens is 1. The molecule has 1 saturated carbocycles. The second-order valence-electron chi connectivity index (χ2n) is 8.45. The first-order valence-electron chi connectivity index (χ1n) is 11.2. The molecule has 0 bridgehead atoms. The molecule has 2 aliphatic rings. The summed E-state index contributed by atoms with van der Waals surface area (Å²) in [6, 6.07) is 8.02. The fraction of sp³-hybridized carbons (Fsp3) is 0.435. The summed E-state index contributed by atoms with van der Waals surface area (Å²) in [6.07, 6.45) is 4.52. The molecule has 166 valence electrons. The molecule has 0 unspecified atom stereocenters. The van der Waals surface area contributed by atoms with E-state index in [1.807, 2.05) is 25.1 Å². The molecule has 0 radical (unpaired) electrons. The van der Waals surface area contributed by atoms with Crippen LogP contribution in [0.25, 0.3) is 11.2 Å². The molecule has 9 heteroatoms. The molecule has 5 rings (SSSR count). The largest absolute Gasteiger partial charge is 0.368 e. The van der Waals surface area contributed by atoms with E-state index in [0.717, 1.165) is 62.5 Å². The number of aryl methyl sites for hydroxylation is 1. The van der Waals surface area contributed by atoms with Crippen LogP contribution in [0.5, 0.6) is 0 Å². The molecule has 4 heterocycles. The Morgan fingerprint density at radius 3 is 2.62 bits per heavy atom. The normalized spacial score (nSPS) is 17.0. The number of fused-ring (bicyclic) bond motifs is 1. The van der Waals surface area contributed by atoms with Crippen molar-refractivity contribution in [3.05, 3.63) is 57.9 Å². The molecule has 0 spiro atoms. The van der Waals surface area contributed by atoms with E-state index in [0.29, 0.717) is 29.5 Å². The van der Waals surface area contributed by atoms with Gasteiger partial charge in [0, 0.05) is 38.8 Å². The van der Waals surface area contributed by atoms with E-state index in [1.54, 1.807) is 12.3 Å². The number of anilines is 1. The molecular weight excluding hydrogens is 406 g/mol. The number of nitrogens with one attached hydrogen (secondary N) is 2. The Bertz CT molecular complexity index is 1180. The molecule has 1 saturated heterocycles. The third-order valence-electron chi connectivity index (χ3n) is 6.03. The average Bonchev–Trinajstić information content (AvgIpc) is 3.63. The van der Waals surface area contributed by atoms with Gasteiger partial charge in [0.25, 0.3) is 11.5 Å². The third-order valence-corrected chi connectivity index (χ3v) is 6.03. The number of hydrogen-bond donors (Lipinski definition) is 2. The summed E-state index contributed by atoms with van der Waals surface area (Å²) in [5, 5.41) is 2.97. The van der Waals surface area contributed by atoms with Crippen LogP contribution >= 0.6 is 0 Å². The van der Waals surface area contributed by atoms with E-state index in [2.05, 4.69) is 35.1 Å². The van der Waals surface area contributed by atoms with Gasteiger partial charge in [-0.1, -0.05) is 6.92 Å². The quantitative estimate of drug-likeness (QED) is 0.606. The van der Waals surface area contributed by atoms with Crippen molar-refractivity contribution >= 4 is 22.8 Å². The third kappa shape index (κ3) is 4.47. The Morgan fingerprint density at radius 2 is 1.94 bits per heavy atom. The van der Waals surface area contributed by atoms with Gasteiger partial charge in [0.05, 0.1) is 17.6 Å². The van der Waals surface area contributed by atoms with Gasteiger partial charge in [0.15, 0.2) is 5.65 Å². The minimum absolute atomic E-state index is 0.0887. The van der Waals surface area contributed by atoms with Crippen molar-refractivity contribution in [1.82, 2.24) is 30.2 Å². The van der Waals surface area contributed by atoms with Gasteiger partial charge in [-0.3, -0.25) is 14.5 Å². The number of amides is 1. The van der Waals surface area contributed by atoms with Crippen LogP contribution in [0.15, 0.2) is 35.3 Å². The van der Waals surface area contributed by atoms with Crippen LogP contribution in [0.4, 0.5) is 5.69 Å². The number of aromatic amines is 1. The first-order chi connectivity index (χ1) is 15.6. The fourth-order valence-corrected chi connectivity index (χ4v) is 3.97. The van der Waals surface area contributed by atoms with Crippen LogP contribution in [-0.2, 0) is 13.0 Å².